The number of hydrogen-bond acceptors (Lipinski definition) is 3. The highest BCUT2D eigenvalue weighted by atomic mass is 16.7. The first-order chi connectivity index (χ1) is 8.15. The second-order valence-corrected chi connectivity index (χ2v) is 4.78. The molecule has 4 nitrogen and oxygen atoms in total. The fourth-order valence-corrected chi connectivity index (χ4v) is 2.48. The molecule has 1 N–H and O–H groups in total. The van der Waals surface area contributed by atoms with Crippen molar-refractivity contribution < 1.29 is 14.3 Å². The van der Waals surface area contributed by atoms with Gasteiger partial charge < -0.3 is 14.8 Å². The Morgan fingerprint density at radius 2 is 2.00 bits per heavy atom. The minimum absolute atomic E-state index is 0.0456. The maximum absolute atomic E-state index is 11.9. The summed E-state index contributed by atoms with van der Waals surface area (Å²) >= 11 is 0. The van der Waals surface area contributed by atoms with Crippen molar-refractivity contribution in [2.75, 3.05) is 13.2 Å². The van der Waals surface area contributed by atoms with E-state index in [1.165, 1.54) is 0 Å². The lowest BCUT2D eigenvalue weighted by molar-refractivity contribution is -0.183. The second kappa shape index (κ2) is 5.07. The highest BCUT2D eigenvalue weighted by Crippen LogP contribution is 2.38. The molecule has 94 valence electrons. The van der Waals surface area contributed by atoms with E-state index in [0.717, 1.165) is 25.7 Å². The monoisotopic (exact) mass is 237 g/mol. The summed E-state index contributed by atoms with van der Waals surface area (Å²) in [7, 11) is 0. The van der Waals surface area contributed by atoms with E-state index in [4.69, 9.17) is 15.9 Å². The quantitative estimate of drug-likeness (QED) is 0.730. The smallest absolute Gasteiger partial charge is 0.224 e. The molecular weight excluding hydrogens is 218 g/mol. The van der Waals surface area contributed by atoms with Crippen molar-refractivity contribution in [2.24, 2.45) is 5.92 Å². The normalized spacial score (nSPS) is 25.4. The van der Waals surface area contributed by atoms with Gasteiger partial charge in [0.2, 0.25) is 5.91 Å². The van der Waals surface area contributed by atoms with Gasteiger partial charge in [-0.1, -0.05) is 5.92 Å². The summed E-state index contributed by atoms with van der Waals surface area (Å²) in [5, 5.41) is 2.82. The third-order valence-corrected chi connectivity index (χ3v) is 3.54. The minimum atomic E-state index is -0.394. The van der Waals surface area contributed by atoms with Gasteiger partial charge in [-0.15, -0.1) is 6.42 Å². The van der Waals surface area contributed by atoms with Gasteiger partial charge in [-0.2, -0.15) is 0 Å². The van der Waals surface area contributed by atoms with Crippen LogP contribution in [-0.4, -0.2) is 30.9 Å². The number of amides is 1. The molecule has 17 heavy (non-hydrogen) atoms. The number of ether oxygens (including phenoxy) is 2. The van der Waals surface area contributed by atoms with Crippen LogP contribution in [0.25, 0.3) is 0 Å². The number of carbonyl (C=O) groups is 1. The van der Waals surface area contributed by atoms with E-state index < -0.39 is 5.79 Å². The molecule has 1 saturated carbocycles. The van der Waals surface area contributed by atoms with E-state index in [2.05, 4.69) is 11.2 Å². The molecule has 0 aromatic rings. The summed E-state index contributed by atoms with van der Waals surface area (Å²) in [6.07, 6.45) is 8.46. The van der Waals surface area contributed by atoms with Crippen molar-refractivity contribution in [3.63, 3.8) is 0 Å². The molecule has 2 fully saturated rings. The summed E-state index contributed by atoms with van der Waals surface area (Å²) in [6, 6.07) is -0.197. The fourth-order valence-electron chi connectivity index (χ4n) is 2.48. The van der Waals surface area contributed by atoms with E-state index in [0.29, 0.717) is 13.2 Å². The highest BCUT2D eigenvalue weighted by molar-refractivity contribution is 5.79. The second-order valence-electron chi connectivity index (χ2n) is 4.78. The van der Waals surface area contributed by atoms with Gasteiger partial charge in [-0.25, -0.2) is 0 Å². The lowest BCUT2D eigenvalue weighted by atomic mass is 9.84. The minimum Gasteiger partial charge on any atom is -0.348 e. The number of hydrogen-bond donors (Lipinski definition) is 1. The Kier molecular flexibility index (Phi) is 3.70. The van der Waals surface area contributed by atoms with Crippen molar-refractivity contribution >= 4 is 5.91 Å². The van der Waals surface area contributed by atoms with E-state index >= 15 is 0 Å². The highest BCUT2D eigenvalue weighted by Gasteiger charge is 2.41. The molecule has 1 heterocycles. The summed E-state index contributed by atoms with van der Waals surface area (Å²) < 4.78 is 11.3. The van der Waals surface area contributed by atoms with Gasteiger partial charge in [0.05, 0.1) is 19.3 Å². The molecule has 0 radical (unpaired) electrons. The first kappa shape index (κ1) is 12.4. The van der Waals surface area contributed by atoms with E-state index in [1.54, 1.807) is 0 Å². The van der Waals surface area contributed by atoms with Gasteiger partial charge in [0.25, 0.3) is 0 Å². The third kappa shape index (κ3) is 2.80. The summed E-state index contributed by atoms with van der Waals surface area (Å²) in [4.78, 5) is 11.9. The van der Waals surface area contributed by atoms with Crippen molar-refractivity contribution in [1.29, 1.82) is 0 Å². The maximum Gasteiger partial charge on any atom is 0.224 e. The van der Waals surface area contributed by atoms with Crippen molar-refractivity contribution in [2.45, 2.75) is 44.4 Å². The molecule has 4 heteroatoms. The Morgan fingerprint density at radius 3 is 2.53 bits per heavy atom. The van der Waals surface area contributed by atoms with Gasteiger partial charge in [0, 0.05) is 18.8 Å². The van der Waals surface area contributed by atoms with E-state index in [9.17, 15) is 4.79 Å². The van der Waals surface area contributed by atoms with Crippen LogP contribution in [-0.2, 0) is 14.3 Å². The zero-order valence-corrected chi connectivity index (χ0v) is 10.2. The van der Waals surface area contributed by atoms with Gasteiger partial charge in [0.15, 0.2) is 5.79 Å². The Hall–Kier alpha value is -1.05. The van der Waals surface area contributed by atoms with Crippen LogP contribution in [0.4, 0.5) is 0 Å². The molecule has 2 aliphatic rings. The third-order valence-electron chi connectivity index (χ3n) is 3.54. The SMILES string of the molecule is C#CC(C)NC(=O)C1CCC2(CC1)OCCO2. The molecule has 0 aromatic heterocycles. The zero-order valence-electron chi connectivity index (χ0n) is 10.2. The van der Waals surface area contributed by atoms with Crippen LogP contribution >= 0.6 is 0 Å². The summed E-state index contributed by atoms with van der Waals surface area (Å²) in [5.41, 5.74) is 0. The predicted octanol–water partition coefficient (Wildman–Crippen LogP) is 1.06. The molecule has 0 bridgehead atoms. The summed E-state index contributed by atoms with van der Waals surface area (Å²) in [5.74, 6) is 2.21. The standard InChI is InChI=1S/C13H19NO3/c1-3-10(2)14-12(15)11-4-6-13(7-5-11)16-8-9-17-13/h1,10-11H,4-9H2,2H3,(H,14,15). The van der Waals surface area contributed by atoms with E-state index in [1.807, 2.05) is 6.92 Å². The number of carbonyl (C=O) groups excluding carboxylic acids is 1. The van der Waals surface area contributed by atoms with Gasteiger partial charge in [-0.3, -0.25) is 4.79 Å². The average molecular weight is 237 g/mol. The van der Waals surface area contributed by atoms with Gasteiger partial charge >= 0.3 is 0 Å². The molecule has 1 saturated heterocycles. The summed E-state index contributed by atoms with van der Waals surface area (Å²) in [6.45, 7) is 3.15. The van der Waals surface area contributed by atoms with Crippen LogP contribution < -0.4 is 5.32 Å². The van der Waals surface area contributed by atoms with Crippen LogP contribution in [0.3, 0.4) is 0 Å². The fraction of sp³-hybridized carbons (Fsp3) is 0.769. The zero-order chi connectivity index (χ0) is 12.3. The van der Waals surface area contributed by atoms with E-state index in [-0.39, 0.29) is 17.9 Å². The molecule has 1 atom stereocenters. The molecule has 0 aromatic carbocycles. The van der Waals surface area contributed by atoms with Crippen molar-refractivity contribution in [1.82, 2.24) is 5.32 Å². The molecule has 1 aliphatic carbocycles. The number of terminal acetylenes is 1. The van der Waals surface area contributed by atoms with Gasteiger partial charge in [-0.05, 0) is 19.8 Å². The predicted molar refractivity (Wildman–Crippen MR) is 63.0 cm³/mol. The molecule has 1 spiro atoms. The van der Waals surface area contributed by atoms with Crippen molar-refractivity contribution in [3.8, 4) is 12.3 Å². The largest absolute Gasteiger partial charge is 0.348 e. The van der Waals surface area contributed by atoms with Crippen LogP contribution in [0.1, 0.15) is 32.6 Å². The first-order valence-corrected chi connectivity index (χ1v) is 6.20. The van der Waals surface area contributed by atoms with Crippen LogP contribution in [0.15, 0.2) is 0 Å². The lowest BCUT2D eigenvalue weighted by Crippen LogP contribution is -2.42. The number of nitrogens with one attached hydrogen (secondary N) is 1. The van der Waals surface area contributed by atoms with Crippen LogP contribution in [0, 0.1) is 18.3 Å². The average Bonchev–Trinajstić information content (AvgIpc) is 2.78. The van der Waals surface area contributed by atoms with Crippen molar-refractivity contribution in [3.05, 3.63) is 0 Å². The van der Waals surface area contributed by atoms with Gasteiger partial charge in [0.1, 0.15) is 0 Å². The molecule has 1 amide bonds. The molecule has 1 unspecified atom stereocenters. The lowest BCUT2D eigenvalue weighted by Gasteiger charge is -2.34. The number of rotatable bonds is 2. The molecule has 2 rings (SSSR count). The topological polar surface area (TPSA) is 47.6 Å². The maximum atomic E-state index is 11.9. The Bertz CT molecular complexity index is 318. The molecule has 1 aliphatic heterocycles. The van der Waals surface area contributed by atoms with Crippen LogP contribution in [0.2, 0.25) is 0 Å². The Morgan fingerprint density at radius 1 is 1.41 bits per heavy atom. The first-order valence-electron chi connectivity index (χ1n) is 6.20. The Balaban J connectivity index is 1.82. The Labute approximate surface area is 102 Å². The van der Waals surface area contributed by atoms with Crippen LogP contribution in [0.5, 0.6) is 0 Å². The molecular formula is C13H19NO3.